The van der Waals surface area contributed by atoms with Crippen LogP contribution in [0.3, 0.4) is 0 Å². The number of nitro groups is 1. The maximum atomic E-state index is 13.0. The van der Waals surface area contributed by atoms with E-state index in [2.05, 4.69) is 0 Å². The van der Waals surface area contributed by atoms with Crippen LogP contribution in [0.5, 0.6) is 0 Å². The first-order valence-electron chi connectivity index (χ1n) is 9.11. The molecule has 1 amide bonds. The fourth-order valence-corrected chi connectivity index (χ4v) is 4.58. The monoisotopic (exact) mass is 436 g/mol. The first-order valence-corrected chi connectivity index (χ1v) is 10.3. The number of thiocarbonyl (C=S) groups is 1. The molecule has 1 aromatic heterocycles. The molecule has 2 heterocycles. The zero-order chi connectivity index (χ0) is 21.3. The predicted molar refractivity (Wildman–Crippen MR) is 121 cm³/mol. The standard InChI is InChI=1S/C22H16N2O4S2/c1-14(15-6-3-2-4-7-15)23-21(25)20(30-22(23)29)13-18-10-11-19(28-18)16-8-5-9-17(12-16)24(26)27/h2-14H,1H3/b20-13+/t14-/m0/s1. The van der Waals surface area contributed by atoms with Gasteiger partial charge in [-0.3, -0.25) is 19.8 Å². The van der Waals surface area contributed by atoms with Gasteiger partial charge >= 0.3 is 0 Å². The summed E-state index contributed by atoms with van der Waals surface area (Å²) in [6.07, 6.45) is 1.65. The Kier molecular flexibility index (Phi) is 5.52. The van der Waals surface area contributed by atoms with E-state index in [0.29, 0.717) is 26.3 Å². The van der Waals surface area contributed by atoms with Gasteiger partial charge in [-0.1, -0.05) is 66.4 Å². The first-order chi connectivity index (χ1) is 14.4. The second-order valence-corrected chi connectivity index (χ2v) is 8.32. The highest BCUT2D eigenvalue weighted by molar-refractivity contribution is 8.26. The maximum Gasteiger partial charge on any atom is 0.270 e. The summed E-state index contributed by atoms with van der Waals surface area (Å²) < 4.78 is 6.30. The second-order valence-electron chi connectivity index (χ2n) is 6.65. The molecular formula is C22H16N2O4S2. The summed E-state index contributed by atoms with van der Waals surface area (Å²) in [5, 5.41) is 11.0. The van der Waals surface area contributed by atoms with E-state index >= 15 is 0 Å². The molecule has 0 saturated carbocycles. The smallest absolute Gasteiger partial charge is 0.270 e. The zero-order valence-electron chi connectivity index (χ0n) is 15.8. The summed E-state index contributed by atoms with van der Waals surface area (Å²) in [6.45, 7) is 1.94. The molecule has 150 valence electrons. The van der Waals surface area contributed by atoms with E-state index in [1.807, 2.05) is 37.3 Å². The van der Waals surface area contributed by atoms with Gasteiger partial charge in [0.05, 0.1) is 15.9 Å². The van der Waals surface area contributed by atoms with E-state index in [9.17, 15) is 14.9 Å². The van der Waals surface area contributed by atoms with Crippen molar-refractivity contribution in [2.45, 2.75) is 13.0 Å². The highest BCUT2D eigenvalue weighted by atomic mass is 32.2. The van der Waals surface area contributed by atoms with Crippen LogP contribution in [0.15, 0.2) is 76.1 Å². The first kappa shape index (κ1) is 20.1. The van der Waals surface area contributed by atoms with Crippen molar-refractivity contribution >= 4 is 46.0 Å². The van der Waals surface area contributed by atoms with Crippen LogP contribution in [0.4, 0.5) is 5.69 Å². The normalized spacial score (nSPS) is 16.3. The van der Waals surface area contributed by atoms with Crippen molar-refractivity contribution in [2.75, 3.05) is 0 Å². The molecule has 0 aliphatic carbocycles. The number of furan rings is 1. The molecule has 2 aromatic carbocycles. The third-order valence-corrected chi connectivity index (χ3v) is 6.06. The highest BCUT2D eigenvalue weighted by Crippen LogP contribution is 2.38. The molecule has 0 unspecified atom stereocenters. The molecule has 3 aromatic rings. The Labute approximate surface area is 182 Å². The minimum Gasteiger partial charge on any atom is -0.457 e. The molecule has 1 atom stereocenters. The summed E-state index contributed by atoms with van der Waals surface area (Å²) in [4.78, 5) is 25.6. The number of hydrogen-bond donors (Lipinski definition) is 0. The molecule has 0 radical (unpaired) electrons. The molecule has 1 saturated heterocycles. The number of hydrogen-bond acceptors (Lipinski definition) is 6. The van der Waals surface area contributed by atoms with Gasteiger partial charge in [0.1, 0.15) is 15.8 Å². The predicted octanol–water partition coefficient (Wildman–Crippen LogP) is 5.82. The number of nitro benzene ring substituents is 1. The van der Waals surface area contributed by atoms with Crippen LogP contribution in [0.1, 0.15) is 24.3 Å². The molecule has 6 nitrogen and oxygen atoms in total. The van der Waals surface area contributed by atoms with Gasteiger partial charge in [-0.05, 0) is 24.6 Å². The Morgan fingerprint density at radius 1 is 1.13 bits per heavy atom. The number of benzene rings is 2. The molecule has 0 spiro atoms. The summed E-state index contributed by atoms with van der Waals surface area (Å²) in [5.41, 5.74) is 1.58. The molecule has 0 N–H and O–H groups in total. The number of thioether (sulfide) groups is 1. The lowest BCUT2D eigenvalue weighted by molar-refractivity contribution is -0.384. The van der Waals surface area contributed by atoms with Crippen LogP contribution in [0.25, 0.3) is 17.4 Å². The third kappa shape index (κ3) is 3.92. The van der Waals surface area contributed by atoms with Crippen LogP contribution >= 0.6 is 24.0 Å². The third-order valence-electron chi connectivity index (χ3n) is 4.73. The van der Waals surface area contributed by atoms with Crippen molar-refractivity contribution in [3.63, 3.8) is 0 Å². The van der Waals surface area contributed by atoms with Crippen molar-refractivity contribution in [1.29, 1.82) is 0 Å². The number of carbonyl (C=O) groups is 1. The number of nitrogens with zero attached hydrogens (tertiary/aromatic N) is 2. The van der Waals surface area contributed by atoms with Crippen molar-refractivity contribution in [1.82, 2.24) is 4.90 Å². The van der Waals surface area contributed by atoms with E-state index in [-0.39, 0.29) is 17.6 Å². The Bertz CT molecular complexity index is 1170. The van der Waals surface area contributed by atoms with Gasteiger partial charge in [0.15, 0.2) is 0 Å². The van der Waals surface area contributed by atoms with Crippen molar-refractivity contribution in [3.05, 3.63) is 93.1 Å². The number of amides is 1. The Morgan fingerprint density at radius 2 is 1.90 bits per heavy atom. The van der Waals surface area contributed by atoms with Crippen LogP contribution in [0.2, 0.25) is 0 Å². The molecule has 30 heavy (non-hydrogen) atoms. The molecule has 1 aliphatic rings. The number of rotatable bonds is 5. The molecule has 4 rings (SSSR count). The SMILES string of the molecule is C[C@@H](c1ccccc1)N1C(=O)/C(=C\c2ccc(-c3cccc([N+](=O)[O-])c3)o2)SC1=S. The summed E-state index contributed by atoms with van der Waals surface area (Å²) in [6, 6.07) is 19.2. The quantitative estimate of drug-likeness (QED) is 0.217. The van der Waals surface area contributed by atoms with Gasteiger partial charge in [0.25, 0.3) is 11.6 Å². The topological polar surface area (TPSA) is 76.6 Å². The van der Waals surface area contributed by atoms with E-state index in [1.165, 1.54) is 23.9 Å². The molecular weight excluding hydrogens is 420 g/mol. The highest BCUT2D eigenvalue weighted by Gasteiger charge is 2.36. The van der Waals surface area contributed by atoms with Crippen molar-refractivity contribution < 1.29 is 14.1 Å². The Hall–Kier alpha value is -3.23. The fourth-order valence-electron chi connectivity index (χ4n) is 3.18. The lowest BCUT2D eigenvalue weighted by atomic mass is 10.1. The fraction of sp³-hybridized carbons (Fsp3) is 0.0909. The van der Waals surface area contributed by atoms with Gasteiger partial charge in [-0.2, -0.15) is 0 Å². The van der Waals surface area contributed by atoms with Crippen LogP contribution in [0, 0.1) is 10.1 Å². The number of carbonyl (C=O) groups excluding carboxylic acids is 1. The largest absolute Gasteiger partial charge is 0.457 e. The van der Waals surface area contributed by atoms with Gasteiger partial charge in [0.2, 0.25) is 0 Å². The van der Waals surface area contributed by atoms with Crippen LogP contribution in [-0.2, 0) is 4.79 Å². The second kappa shape index (κ2) is 8.25. The molecule has 1 aliphatic heterocycles. The molecule has 8 heteroatoms. The van der Waals surface area contributed by atoms with Crippen LogP contribution < -0.4 is 0 Å². The van der Waals surface area contributed by atoms with E-state index < -0.39 is 4.92 Å². The average Bonchev–Trinajstić information content (AvgIpc) is 3.33. The minimum absolute atomic E-state index is 0.0128. The minimum atomic E-state index is -0.452. The number of non-ortho nitro benzene ring substituents is 1. The maximum absolute atomic E-state index is 13.0. The Balaban J connectivity index is 1.58. The zero-order valence-corrected chi connectivity index (χ0v) is 17.5. The average molecular weight is 437 g/mol. The summed E-state index contributed by atoms with van der Waals surface area (Å²) >= 11 is 6.67. The van der Waals surface area contributed by atoms with E-state index in [1.54, 1.807) is 35.2 Å². The molecule has 0 bridgehead atoms. The van der Waals surface area contributed by atoms with Crippen molar-refractivity contribution in [2.24, 2.45) is 0 Å². The van der Waals surface area contributed by atoms with Gasteiger partial charge < -0.3 is 4.42 Å². The lowest BCUT2D eigenvalue weighted by Gasteiger charge is -2.23. The van der Waals surface area contributed by atoms with Gasteiger partial charge in [0, 0.05) is 23.8 Å². The summed E-state index contributed by atoms with van der Waals surface area (Å²) in [5.74, 6) is 0.789. The van der Waals surface area contributed by atoms with E-state index in [0.717, 1.165) is 5.56 Å². The summed E-state index contributed by atoms with van der Waals surface area (Å²) in [7, 11) is 0. The van der Waals surface area contributed by atoms with Crippen LogP contribution in [-0.4, -0.2) is 20.1 Å². The lowest BCUT2D eigenvalue weighted by Crippen LogP contribution is -2.30. The Morgan fingerprint density at radius 3 is 2.63 bits per heavy atom. The van der Waals surface area contributed by atoms with Crippen molar-refractivity contribution in [3.8, 4) is 11.3 Å². The van der Waals surface area contributed by atoms with Gasteiger partial charge in [-0.25, -0.2) is 0 Å². The van der Waals surface area contributed by atoms with E-state index in [4.69, 9.17) is 16.6 Å². The molecule has 1 fully saturated rings. The van der Waals surface area contributed by atoms with Gasteiger partial charge in [-0.15, -0.1) is 0 Å².